The molecule has 0 atom stereocenters. The second kappa shape index (κ2) is 7.84. The van der Waals surface area contributed by atoms with Crippen molar-refractivity contribution < 1.29 is 4.79 Å². The van der Waals surface area contributed by atoms with Crippen molar-refractivity contribution in [2.24, 2.45) is 0 Å². The van der Waals surface area contributed by atoms with Gasteiger partial charge in [-0.15, -0.1) is 0 Å². The maximum absolute atomic E-state index is 12.6. The zero-order chi connectivity index (χ0) is 16.1. The number of hydrogen-bond donors (Lipinski definition) is 1. The lowest BCUT2D eigenvalue weighted by molar-refractivity contribution is 0.0775. The molecule has 0 aromatic heterocycles. The Bertz CT molecular complexity index is 515. The van der Waals surface area contributed by atoms with Gasteiger partial charge in [-0.25, -0.2) is 0 Å². The van der Waals surface area contributed by atoms with E-state index in [2.05, 4.69) is 17.3 Å². The van der Waals surface area contributed by atoms with Crippen molar-refractivity contribution in [1.29, 1.82) is 0 Å². The zero-order valence-electron chi connectivity index (χ0n) is 13.7. The number of nitrogens with zero attached hydrogens (tertiary/aromatic N) is 2. The Morgan fingerprint density at radius 3 is 2.59 bits per heavy atom. The second-order valence-corrected chi connectivity index (χ2v) is 6.52. The first-order valence-electron chi connectivity index (χ1n) is 7.96. The number of anilines is 1. The highest BCUT2D eigenvalue weighted by Gasteiger charge is 2.21. The molecule has 0 heterocycles. The molecule has 0 aliphatic heterocycles. The predicted octanol–water partition coefficient (Wildman–Crippen LogP) is 3.33. The number of amides is 1. The molecule has 0 bridgehead atoms. The lowest BCUT2D eigenvalue weighted by Crippen LogP contribution is -2.38. The summed E-state index contributed by atoms with van der Waals surface area (Å²) in [4.78, 5) is 16.8. The van der Waals surface area contributed by atoms with Crippen molar-refractivity contribution in [1.82, 2.24) is 9.80 Å². The predicted molar refractivity (Wildman–Crippen MR) is 92.8 cm³/mol. The molecule has 0 spiro atoms. The molecule has 5 heteroatoms. The van der Waals surface area contributed by atoms with Gasteiger partial charge >= 0.3 is 0 Å². The number of likely N-dealkylation sites (N-methyl/N-ethyl adjacent to an activating group) is 2. The first-order valence-corrected chi connectivity index (χ1v) is 8.33. The molecule has 2 rings (SSSR count). The van der Waals surface area contributed by atoms with Gasteiger partial charge in [-0.1, -0.05) is 24.4 Å². The molecule has 1 aromatic rings. The third-order valence-corrected chi connectivity index (χ3v) is 4.80. The molecule has 1 saturated carbocycles. The van der Waals surface area contributed by atoms with Gasteiger partial charge in [-0.2, -0.15) is 0 Å². The minimum Gasteiger partial charge on any atom is -0.387 e. The van der Waals surface area contributed by atoms with Crippen molar-refractivity contribution in [2.45, 2.75) is 31.7 Å². The van der Waals surface area contributed by atoms with E-state index >= 15 is 0 Å². The van der Waals surface area contributed by atoms with Crippen LogP contribution in [0, 0.1) is 0 Å². The quantitative estimate of drug-likeness (QED) is 0.872. The molecular weight excluding hydrogens is 298 g/mol. The topological polar surface area (TPSA) is 35.6 Å². The Morgan fingerprint density at radius 2 is 1.95 bits per heavy atom. The van der Waals surface area contributed by atoms with Gasteiger partial charge in [0, 0.05) is 43.9 Å². The minimum absolute atomic E-state index is 0.00618. The largest absolute Gasteiger partial charge is 0.387 e. The first kappa shape index (κ1) is 17.1. The van der Waals surface area contributed by atoms with Crippen LogP contribution in [-0.4, -0.2) is 56.0 Å². The van der Waals surface area contributed by atoms with E-state index in [1.54, 1.807) is 17.0 Å². The molecule has 1 N–H and O–H groups in total. The molecule has 0 saturated heterocycles. The van der Waals surface area contributed by atoms with Gasteiger partial charge in [0.25, 0.3) is 5.91 Å². The Balaban J connectivity index is 1.95. The van der Waals surface area contributed by atoms with E-state index in [-0.39, 0.29) is 5.91 Å². The molecule has 1 aliphatic carbocycles. The van der Waals surface area contributed by atoms with Crippen LogP contribution in [0.3, 0.4) is 0 Å². The molecule has 4 nitrogen and oxygen atoms in total. The van der Waals surface area contributed by atoms with Crippen LogP contribution in [0.5, 0.6) is 0 Å². The van der Waals surface area contributed by atoms with Crippen LogP contribution in [0.2, 0.25) is 5.02 Å². The number of hydrogen-bond acceptors (Lipinski definition) is 3. The smallest absolute Gasteiger partial charge is 0.255 e. The standard InChI is InChI=1S/C17H26ClN3O/c1-19-16-9-8-13(18)12-15(16)17(22)21(3)11-10-20(2)14-6-4-5-7-14/h8-9,12,14,19H,4-7,10-11H2,1-3H3. The third kappa shape index (κ3) is 4.14. The van der Waals surface area contributed by atoms with Gasteiger partial charge in [0.2, 0.25) is 0 Å². The van der Waals surface area contributed by atoms with E-state index in [9.17, 15) is 4.79 Å². The molecule has 0 unspecified atom stereocenters. The molecule has 22 heavy (non-hydrogen) atoms. The Kier molecular flexibility index (Phi) is 6.09. The Hall–Kier alpha value is -1.26. The summed E-state index contributed by atoms with van der Waals surface area (Å²) in [5.74, 6) is 0.00618. The highest BCUT2D eigenvalue weighted by Crippen LogP contribution is 2.23. The minimum atomic E-state index is 0.00618. The van der Waals surface area contributed by atoms with E-state index in [0.29, 0.717) is 16.6 Å². The van der Waals surface area contributed by atoms with Crippen LogP contribution in [-0.2, 0) is 0 Å². The second-order valence-electron chi connectivity index (χ2n) is 6.09. The summed E-state index contributed by atoms with van der Waals surface area (Å²) in [5, 5.41) is 3.63. The van der Waals surface area contributed by atoms with Crippen LogP contribution < -0.4 is 5.32 Å². The molecule has 1 aliphatic rings. The van der Waals surface area contributed by atoms with Crippen molar-refractivity contribution in [2.75, 3.05) is 39.5 Å². The van der Waals surface area contributed by atoms with E-state index in [0.717, 1.165) is 18.8 Å². The maximum atomic E-state index is 12.6. The van der Waals surface area contributed by atoms with E-state index in [4.69, 9.17) is 11.6 Å². The summed E-state index contributed by atoms with van der Waals surface area (Å²) in [6.07, 6.45) is 5.23. The Morgan fingerprint density at radius 1 is 1.27 bits per heavy atom. The third-order valence-electron chi connectivity index (χ3n) is 4.56. The number of halogens is 1. The highest BCUT2D eigenvalue weighted by atomic mass is 35.5. The van der Waals surface area contributed by atoms with E-state index in [1.165, 1.54) is 25.7 Å². The average Bonchev–Trinajstić information content (AvgIpc) is 3.06. The maximum Gasteiger partial charge on any atom is 0.255 e. The fourth-order valence-electron chi connectivity index (χ4n) is 3.05. The Labute approximate surface area is 138 Å². The van der Waals surface area contributed by atoms with Crippen molar-refractivity contribution in [3.8, 4) is 0 Å². The van der Waals surface area contributed by atoms with Crippen LogP contribution in [0.25, 0.3) is 0 Å². The molecule has 1 fully saturated rings. The fourth-order valence-corrected chi connectivity index (χ4v) is 3.23. The van der Waals surface area contributed by atoms with Crippen molar-refractivity contribution in [3.05, 3.63) is 28.8 Å². The summed E-state index contributed by atoms with van der Waals surface area (Å²) in [6.45, 7) is 1.63. The molecule has 122 valence electrons. The summed E-state index contributed by atoms with van der Waals surface area (Å²) in [6, 6.07) is 6.04. The summed E-state index contributed by atoms with van der Waals surface area (Å²) in [5.41, 5.74) is 1.44. The van der Waals surface area contributed by atoms with Crippen molar-refractivity contribution >= 4 is 23.2 Å². The van der Waals surface area contributed by atoms with Gasteiger partial charge in [0.1, 0.15) is 0 Å². The van der Waals surface area contributed by atoms with Crippen LogP contribution >= 0.6 is 11.6 Å². The highest BCUT2D eigenvalue weighted by molar-refractivity contribution is 6.31. The van der Waals surface area contributed by atoms with Crippen LogP contribution in [0.4, 0.5) is 5.69 Å². The van der Waals surface area contributed by atoms with Crippen LogP contribution in [0.15, 0.2) is 18.2 Å². The van der Waals surface area contributed by atoms with Crippen molar-refractivity contribution in [3.63, 3.8) is 0 Å². The summed E-state index contributed by atoms with van der Waals surface area (Å²) < 4.78 is 0. The summed E-state index contributed by atoms with van der Waals surface area (Å²) >= 11 is 6.03. The molecule has 1 aromatic carbocycles. The van der Waals surface area contributed by atoms with Gasteiger partial charge in [0.15, 0.2) is 0 Å². The van der Waals surface area contributed by atoms with E-state index in [1.807, 2.05) is 20.2 Å². The summed E-state index contributed by atoms with van der Waals surface area (Å²) in [7, 11) is 5.83. The number of rotatable bonds is 6. The van der Waals surface area contributed by atoms with E-state index < -0.39 is 0 Å². The number of carbonyl (C=O) groups is 1. The normalized spacial score (nSPS) is 15.3. The van der Waals surface area contributed by atoms with Gasteiger partial charge < -0.3 is 15.1 Å². The fraction of sp³-hybridized carbons (Fsp3) is 0.588. The SMILES string of the molecule is CNc1ccc(Cl)cc1C(=O)N(C)CCN(C)C1CCCC1. The molecule has 1 amide bonds. The lowest BCUT2D eigenvalue weighted by Gasteiger charge is -2.27. The average molecular weight is 324 g/mol. The monoisotopic (exact) mass is 323 g/mol. The lowest BCUT2D eigenvalue weighted by atomic mass is 10.1. The van der Waals surface area contributed by atoms with Gasteiger partial charge in [-0.05, 0) is 38.1 Å². The number of benzene rings is 1. The number of carbonyl (C=O) groups excluding carboxylic acids is 1. The molecule has 0 radical (unpaired) electrons. The number of nitrogens with one attached hydrogen (secondary N) is 1. The van der Waals surface area contributed by atoms with Gasteiger partial charge in [-0.3, -0.25) is 4.79 Å². The van der Waals surface area contributed by atoms with Gasteiger partial charge in [0.05, 0.1) is 5.56 Å². The zero-order valence-corrected chi connectivity index (χ0v) is 14.5. The molecular formula is C17H26ClN3O. The van der Waals surface area contributed by atoms with Crippen LogP contribution in [0.1, 0.15) is 36.0 Å². The first-order chi connectivity index (χ1) is 10.5.